The summed E-state index contributed by atoms with van der Waals surface area (Å²) in [6, 6.07) is 0. The lowest BCUT2D eigenvalue weighted by Gasteiger charge is -2.27. The minimum absolute atomic E-state index is 0.643. The molecular formula is C15H22N2O2. The summed E-state index contributed by atoms with van der Waals surface area (Å²) < 4.78 is 0. The third kappa shape index (κ3) is 3.86. The topological polar surface area (TPSA) is 58.9 Å². The minimum atomic E-state index is 0.643. The molecular weight excluding hydrogens is 240 g/mol. The predicted octanol–water partition coefficient (Wildman–Crippen LogP) is 2.88. The first-order valence-electron chi connectivity index (χ1n) is 7.42. The molecule has 0 aromatic carbocycles. The zero-order valence-corrected chi connectivity index (χ0v) is 11.4. The van der Waals surface area contributed by atoms with Crippen LogP contribution in [0.1, 0.15) is 44.9 Å². The van der Waals surface area contributed by atoms with Crippen molar-refractivity contribution in [3.63, 3.8) is 0 Å². The minimum Gasteiger partial charge on any atom is -0.211 e. The Balaban J connectivity index is 1.65. The van der Waals surface area contributed by atoms with Gasteiger partial charge >= 0.3 is 0 Å². The zero-order valence-electron chi connectivity index (χ0n) is 11.4. The molecule has 2 fully saturated rings. The number of hydrogen-bond donors (Lipinski definition) is 0. The van der Waals surface area contributed by atoms with E-state index in [2.05, 4.69) is 9.98 Å². The molecule has 0 spiro atoms. The van der Waals surface area contributed by atoms with Gasteiger partial charge in [0.25, 0.3) is 0 Å². The molecule has 19 heavy (non-hydrogen) atoms. The van der Waals surface area contributed by atoms with Crippen molar-refractivity contribution in [2.45, 2.75) is 44.9 Å². The van der Waals surface area contributed by atoms with Gasteiger partial charge in [0.15, 0.2) is 0 Å². The average Bonchev–Trinajstić information content (AvgIpc) is 2.99. The van der Waals surface area contributed by atoms with Crippen molar-refractivity contribution in [3.8, 4) is 0 Å². The average molecular weight is 262 g/mol. The number of rotatable bonds is 8. The lowest BCUT2D eigenvalue weighted by molar-refractivity contribution is 0.232. The normalized spacial score (nSPS) is 31.8. The summed E-state index contributed by atoms with van der Waals surface area (Å²) in [6.45, 7) is 1.29. The van der Waals surface area contributed by atoms with E-state index in [4.69, 9.17) is 0 Å². The van der Waals surface area contributed by atoms with Gasteiger partial charge in [-0.25, -0.2) is 19.6 Å². The van der Waals surface area contributed by atoms with E-state index < -0.39 is 0 Å². The Morgan fingerprint density at radius 2 is 1.26 bits per heavy atom. The molecule has 4 unspecified atom stereocenters. The Bertz CT molecular complexity index is 348. The first kappa shape index (κ1) is 14.2. The maximum Gasteiger partial charge on any atom is 0.234 e. The molecule has 4 atom stereocenters. The summed E-state index contributed by atoms with van der Waals surface area (Å²) in [5.41, 5.74) is 0. The van der Waals surface area contributed by atoms with Crippen LogP contribution in [0.2, 0.25) is 0 Å². The van der Waals surface area contributed by atoms with Gasteiger partial charge in [-0.3, -0.25) is 0 Å². The SMILES string of the molecule is O=C=NCCCC1CC2CC1CC2CCCN=C=O. The van der Waals surface area contributed by atoms with E-state index in [9.17, 15) is 9.59 Å². The van der Waals surface area contributed by atoms with Crippen LogP contribution in [0.15, 0.2) is 9.98 Å². The maximum absolute atomic E-state index is 10.00. The fourth-order valence-electron chi connectivity index (χ4n) is 4.18. The third-order valence-corrected chi connectivity index (χ3v) is 4.97. The van der Waals surface area contributed by atoms with Crippen molar-refractivity contribution in [2.24, 2.45) is 33.7 Å². The highest BCUT2D eigenvalue weighted by Gasteiger charge is 2.44. The number of aliphatic imine (C=N–C) groups is 2. The van der Waals surface area contributed by atoms with E-state index in [0.29, 0.717) is 13.1 Å². The van der Waals surface area contributed by atoms with E-state index in [1.807, 2.05) is 0 Å². The van der Waals surface area contributed by atoms with Crippen LogP contribution in [-0.2, 0) is 9.59 Å². The number of hydrogen-bond acceptors (Lipinski definition) is 4. The molecule has 0 aromatic heterocycles. The predicted molar refractivity (Wildman–Crippen MR) is 72.3 cm³/mol. The third-order valence-electron chi connectivity index (χ3n) is 4.97. The maximum atomic E-state index is 10.00. The summed E-state index contributed by atoms with van der Waals surface area (Å²) in [5.74, 6) is 3.50. The van der Waals surface area contributed by atoms with Gasteiger partial charge in [-0.15, -0.1) is 0 Å². The summed E-state index contributed by atoms with van der Waals surface area (Å²) in [5, 5.41) is 0. The Hall–Kier alpha value is -1.24. The van der Waals surface area contributed by atoms with Crippen molar-refractivity contribution in [1.29, 1.82) is 0 Å². The van der Waals surface area contributed by atoms with Gasteiger partial charge in [0.05, 0.1) is 13.1 Å². The Morgan fingerprint density at radius 3 is 1.63 bits per heavy atom. The van der Waals surface area contributed by atoms with Gasteiger partial charge in [0.2, 0.25) is 12.2 Å². The Kier molecular flexibility index (Phi) is 5.50. The smallest absolute Gasteiger partial charge is 0.211 e. The second-order valence-electron chi connectivity index (χ2n) is 5.98. The van der Waals surface area contributed by atoms with E-state index >= 15 is 0 Å². The van der Waals surface area contributed by atoms with E-state index in [1.165, 1.54) is 32.1 Å². The van der Waals surface area contributed by atoms with Crippen LogP contribution in [0.5, 0.6) is 0 Å². The van der Waals surface area contributed by atoms with Crippen molar-refractivity contribution < 1.29 is 9.59 Å². The van der Waals surface area contributed by atoms with Gasteiger partial charge in [-0.2, -0.15) is 0 Å². The largest absolute Gasteiger partial charge is 0.234 e. The molecule has 0 saturated heterocycles. The number of carbonyl (C=O) groups excluding carboxylic acids is 2. The molecule has 0 N–H and O–H groups in total. The lowest BCUT2D eigenvalue weighted by atomic mass is 9.78. The fraction of sp³-hybridized carbons (Fsp3) is 0.867. The van der Waals surface area contributed by atoms with Crippen LogP contribution in [0.4, 0.5) is 0 Å². The van der Waals surface area contributed by atoms with Crippen LogP contribution < -0.4 is 0 Å². The van der Waals surface area contributed by atoms with Crippen molar-refractivity contribution >= 4 is 12.2 Å². The Labute approximate surface area is 114 Å². The van der Waals surface area contributed by atoms with Gasteiger partial charge in [0.1, 0.15) is 0 Å². The van der Waals surface area contributed by atoms with Crippen LogP contribution >= 0.6 is 0 Å². The quantitative estimate of drug-likeness (QED) is 0.383. The van der Waals surface area contributed by atoms with Crippen molar-refractivity contribution in [1.82, 2.24) is 0 Å². The van der Waals surface area contributed by atoms with Crippen LogP contribution in [0, 0.1) is 23.7 Å². The molecule has 2 aliphatic carbocycles. The van der Waals surface area contributed by atoms with Gasteiger partial charge < -0.3 is 0 Å². The van der Waals surface area contributed by atoms with Gasteiger partial charge in [0, 0.05) is 0 Å². The molecule has 2 bridgehead atoms. The van der Waals surface area contributed by atoms with E-state index in [1.54, 1.807) is 12.2 Å². The van der Waals surface area contributed by atoms with Crippen LogP contribution in [0.3, 0.4) is 0 Å². The molecule has 2 rings (SSSR count). The molecule has 4 heteroatoms. The Morgan fingerprint density at radius 1 is 0.789 bits per heavy atom. The van der Waals surface area contributed by atoms with Gasteiger partial charge in [-0.1, -0.05) is 0 Å². The second kappa shape index (κ2) is 7.37. The molecule has 2 saturated carbocycles. The molecule has 0 aromatic rings. The highest BCUT2D eigenvalue weighted by Crippen LogP contribution is 2.54. The first-order chi connectivity index (χ1) is 9.35. The molecule has 104 valence electrons. The zero-order chi connectivity index (χ0) is 13.5. The summed E-state index contributed by atoms with van der Waals surface area (Å²) in [7, 11) is 0. The molecule has 4 nitrogen and oxygen atoms in total. The van der Waals surface area contributed by atoms with E-state index in [-0.39, 0.29) is 0 Å². The molecule has 2 aliphatic rings. The van der Waals surface area contributed by atoms with Crippen molar-refractivity contribution in [2.75, 3.05) is 13.1 Å². The van der Waals surface area contributed by atoms with Crippen molar-refractivity contribution in [3.05, 3.63) is 0 Å². The van der Waals surface area contributed by atoms with Crippen LogP contribution in [-0.4, -0.2) is 25.2 Å². The lowest BCUT2D eigenvalue weighted by Crippen LogP contribution is -2.18. The highest BCUT2D eigenvalue weighted by molar-refractivity contribution is 5.32. The fourth-order valence-corrected chi connectivity index (χ4v) is 4.18. The van der Waals surface area contributed by atoms with E-state index in [0.717, 1.165) is 36.5 Å². The summed E-state index contributed by atoms with van der Waals surface area (Å²) in [4.78, 5) is 27.2. The number of fused-ring (bicyclic) bond motifs is 2. The van der Waals surface area contributed by atoms with Crippen LogP contribution in [0.25, 0.3) is 0 Å². The molecule has 0 radical (unpaired) electrons. The standard InChI is InChI=1S/C15H22N2O2/c18-10-16-5-1-3-12-7-15-9-14(12)8-13(15)4-2-6-17-11-19/h12-15H,1-9H2. The molecule has 0 heterocycles. The molecule has 0 amide bonds. The van der Waals surface area contributed by atoms with Gasteiger partial charge in [-0.05, 0) is 68.6 Å². The highest BCUT2D eigenvalue weighted by atomic mass is 16.1. The summed E-state index contributed by atoms with van der Waals surface area (Å²) in [6.07, 6.45) is 11.8. The second-order valence-corrected chi connectivity index (χ2v) is 5.98. The summed E-state index contributed by atoms with van der Waals surface area (Å²) >= 11 is 0. The number of nitrogens with zero attached hydrogens (tertiary/aromatic N) is 2. The monoisotopic (exact) mass is 262 g/mol. The number of isocyanates is 2. The molecule has 0 aliphatic heterocycles. The first-order valence-corrected chi connectivity index (χ1v) is 7.42.